The molecule has 0 atom stereocenters. The molecule has 0 spiro atoms. The normalized spacial score (nSPS) is 13.9. The lowest BCUT2D eigenvalue weighted by molar-refractivity contribution is 0.104. The molecule has 2 nitrogen and oxygen atoms in total. The van der Waals surface area contributed by atoms with E-state index in [0.29, 0.717) is 0 Å². The van der Waals surface area contributed by atoms with Gasteiger partial charge < -0.3 is 4.74 Å². The number of carbonyl (C=O) groups is 1. The van der Waals surface area contributed by atoms with Crippen LogP contribution in [0.1, 0.15) is 39.2 Å². The maximum atomic E-state index is 12.4. The van der Waals surface area contributed by atoms with E-state index in [1.54, 1.807) is 7.11 Å². The summed E-state index contributed by atoms with van der Waals surface area (Å²) >= 11 is 1.44. The number of aryl methyl sites for hydroxylation is 2. The highest BCUT2D eigenvalue weighted by atomic mass is 32.1. The van der Waals surface area contributed by atoms with Crippen LogP contribution in [0.25, 0.3) is 0 Å². The summed E-state index contributed by atoms with van der Waals surface area (Å²) < 4.78 is 5.13. The highest BCUT2D eigenvalue weighted by Gasteiger charge is 2.15. The smallest absolute Gasteiger partial charge is 0.203 e. The quantitative estimate of drug-likeness (QED) is 0.793. The molecule has 0 radical (unpaired) electrons. The van der Waals surface area contributed by atoms with Crippen LogP contribution in [0, 0.1) is 0 Å². The summed E-state index contributed by atoms with van der Waals surface area (Å²) in [5.74, 6) is 0.855. The zero-order chi connectivity index (χ0) is 13.2. The summed E-state index contributed by atoms with van der Waals surface area (Å²) in [6, 6.07) is 7.96. The predicted octanol–water partition coefficient (Wildman–Crippen LogP) is 3.87. The fourth-order valence-electron chi connectivity index (χ4n) is 2.56. The first-order chi connectivity index (χ1) is 9.28. The Labute approximate surface area is 117 Å². The van der Waals surface area contributed by atoms with E-state index >= 15 is 0 Å². The van der Waals surface area contributed by atoms with Crippen molar-refractivity contribution in [2.24, 2.45) is 0 Å². The molecule has 1 aliphatic carbocycles. The molecular formula is C16H16O2S. The number of rotatable bonds is 3. The number of methoxy groups -OCH3 is 1. The number of carbonyl (C=O) groups excluding carboxylic acids is 1. The van der Waals surface area contributed by atoms with Crippen LogP contribution in [0.15, 0.2) is 29.6 Å². The van der Waals surface area contributed by atoms with E-state index in [1.165, 1.54) is 35.3 Å². The van der Waals surface area contributed by atoms with Gasteiger partial charge in [0.05, 0.1) is 12.0 Å². The Hall–Kier alpha value is -1.61. The fourth-order valence-corrected chi connectivity index (χ4v) is 3.38. The molecule has 0 amide bonds. The second kappa shape index (κ2) is 5.17. The average Bonchev–Trinajstić information content (AvgIpc) is 2.95. The van der Waals surface area contributed by atoms with E-state index in [9.17, 15) is 4.79 Å². The Morgan fingerprint density at radius 1 is 1.16 bits per heavy atom. The Morgan fingerprint density at radius 3 is 2.68 bits per heavy atom. The van der Waals surface area contributed by atoms with Gasteiger partial charge in [-0.15, -0.1) is 11.3 Å². The van der Waals surface area contributed by atoms with Gasteiger partial charge in [0, 0.05) is 17.0 Å². The average molecular weight is 272 g/mol. The monoisotopic (exact) mass is 272 g/mol. The summed E-state index contributed by atoms with van der Waals surface area (Å²) in [7, 11) is 1.62. The highest BCUT2D eigenvalue weighted by Crippen LogP contribution is 2.26. The van der Waals surface area contributed by atoms with Gasteiger partial charge in [-0.2, -0.15) is 0 Å². The summed E-state index contributed by atoms with van der Waals surface area (Å²) in [6.07, 6.45) is 4.75. The SMILES string of the molecule is COc1csc(C(=O)c2ccc3c(c2)CCCC3)c1. The Bertz CT molecular complexity index is 613. The molecule has 1 aliphatic rings. The number of thiophene rings is 1. The first kappa shape index (κ1) is 12.4. The van der Waals surface area contributed by atoms with E-state index < -0.39 is 0 Å². The van der Waals surface area contributed by atoms with Crippen LogP contribution in [-0.4, -0.2) is 12.9 Å². The van der Waals surface area contributed by atoms with Gasteiger partial charge >= 0.3 is 0 Å². The maximum absolute atomic E-state index is 12.4. The largest absolute Gasteiger partial charge is 0.496 e. The van der Waals surface area contributed by atoms with E-state index in [-0.39, 0.29) is 5.78 Å². The van der Waals surface area contributed by atoms with E-state index in [0.717, 1.165) is 29.0 Å². The molecule has 0 saturated carbocycles. The molecule has 1 aromatic heterocycles. The summed E-state index contributed by atoms with van der Waals surface area (Å²) in [5, 5.41) is 1.87. The van der Waals surface area contributed by atoms with Crippen molar-refractivity contribution in [3.8, 4) is 5.75 Å². The van der Waals surface area contributed by atoms with Crippen molar-refractivity contribution in [2.75, 3.05) is 7.11 Å². The van der Waals surface area contributed by atoms with Crippen molar-refractivity contribution in [2.45, 2.75) is 25.7 Å². The third-order valence-corrected chi connectivity index (χ3v) is 4.55. The van der Waals surface area contributed by atoms with Gasteiger partial charge in [-0.1, -0.05) is 12.1 Å². The van der Waals surface area contributed by atoms with Crippen molar-refractivity contribution in [1.82, 2.24) is 0 Å². The topological polar surface area (TPSA) is 26.3 Å². The molecule has 0 unspecified atom stereocenters. The minimum absolute atomic E-state index is 0.0988. The van der Waals surface area contributed by atoms with Gasteiger partial charge in [0.2, 0.25) is 5.78 Å². The molecule has 0 saturated heterocycles. The molecule has 19 heavy (non-hydrogen) atoms. The van der Waals surface area contributed by atoms with E-state index in [4.69, 9.17) is 4.74 Å². The number of hydrogen-bond donors (Lipinski definition) is 0. The molecule has 1 aromatic carbocycles. The lowest BCUT2D eigenvalue weighted by atomic mass is 9.89. The van der Waals surface area contributed by atoms with Crippen LogP contribution in [0.2, 0.25) is 0 Å². The second-order valence-corrected chi connectivity index (χ2v) is 5.78. The predicted molar refractivity (Wildman–Crippen MR) is 77.4 cm³/mol. The summed E-state index contributed by atoms with van der Waals surface area (Å²) in [6.45, 7) is 0. The standard InChI is InChI=1S/C16H16O2S/c1-18-14-9-15(19-10-14)16(17)13-7-6-11-4-2-3-5-12(11)8-13/h6-10H,2-5H2,1H3. The van der Waals surface area contributed by atoms with Crippen molar-refractivity contribution in [1.29, 1.82) is 0 Å². The molecule has 2 aromatic rings. The molecule has 3 heteroatoms. The first-order valence-electron chi connectivity index (χ1n) is 6.57. The number of ether oxygens (including phenoxy) is 1. The van der Waals surface area contributed by atoms with Crippen LogP contribution >= 0.6 is 11.3 Å². The Balaban J connectivity index is 1.91. The van der Waals surface area contributed by atoms with Crippen molar-refractivity contribution >= 4 is 17.1 Å². The van der Waals surface area contributed by atoms with E-state index in [2.05, 4.69) is 12.1 Å². The zero-order valence-electron chi connectivity index (χ0n) is 10.9. The van der Waals surface area contributed by atoms with Gasteiger partial charge in [0.25, 0.3) is 0 Å². The molecule has 0 N–H and O–H groups in total. The number of ketones is 1. The molecule has 0 aliphatic heterocycles. The Morgan fingerprint density at radius 2 is 1.95 bits per heavy atom. The van der Waals surface area contributed by atoms with Gasteiger partial charge in [0.15, 0.2) is 0 Å². The number of hydrogen-bond acceptors (Lipinski definition) is 3. The van der Waals surface area contributed by atoms with E-state index in [1.807, 2.05) is 17.5 Å². The van der Waals surface area contributed by atoms with Crippen LogP contribution in [0.5, 0.6) is 5.75 Å². The fraction of sp³-hybridized carbons (Fsp3) is 0.312. The van der Waals surface area contributed by atoms with Crippen molar-refractivity contribution in [3.05, 3.63) is 51.2 Å². The second-order valence-electron chi connectivity index (χ2n) is 4.87. The van der Waals surface area contributed by atoms with Gasteiger partial charge in [-0.3, -0.25) is 4.79 Å². The van der Waals surface area contributed by atoms with Crippen molar-refractivity contribution in [3.63, 3.8) is 0 Å². The van der Waals surface area contributed by atoms with Gasteiger partial charge in [0.1, 0.15) is 5.75 Å². The summed E-state index contributed by atoms with van der Waals surface area (Å²) in [4.78, 5) is 13.2. The third-order valence-electron chi connectivity index (χ3n) is 3.65. The minimum atomic E-state index is 0.0988. The van der Waals surface area contributed by atoms with Crippen molar-refractivity contribution < 1.29 is 9.53 Å². The molecule has 0 fully saturated rings. The minimum Gasteiger partial charge on any atom is -0.496 e. The highest BCUT2D eigenvalue weighted by molar-refractivity contribution is 7.12. The van der Waals surface area contributed by atoms with Crippen LogP contribution < -0.4 is 4.74 Å². The number of benzene rings is 1. The summed E-state index contributed by atoms with van der Waals surface area (Å²) in [5.41, 5.74) is 3.55. The molecule has 0 bridgehead atoms. The van der Waals surface area contributed by atoms with Crippen LogP contribution in [-0.2, 0) is 12.8 Å². The Kier molecular flexibility index (Phi) is 3.38. The van der Waals surface area contributed by atoms with Crippen LogP contribution in [0.4, 0.5) is 0 Å². The molecule has 1 heterocycles. The maximum Gasteiger partial charge on any atom is 0.203 e. The molecule has 98 valence electrons. The van der Waals surface area contributed by atoms with Crippen LogP contribution in [0.3, 0.4) is 0 Å². The molecule has 3 rings (SSSR count). The third kappa shape index (κ3) is 2.43. The lowest BCUT2D eigenvalue weighted by Crippen LogP contribution is -2.06. The molecular weight excluding hydrogens is 256 g/mol. The first-order valence-corrected chi connectivity index (χ1v) is 7.45. The zero-order valence-corrected chi connectivity index (χ0v) is 11.8. The number of fused-ring (bicyclic) bond motifs is 1. The lowest BCUT2D eigenvalue weighted by Gasteiger charge is -2.16. The van der Waals surface area contributed by atoms with Gasteiger partial charge in [-0.05, 0) is 42.9 Å². The van der Waals surface area contributed by atoms with Gasteiger partial charge in [-0.25, -0.2) is 0 Å².